The number of amides is 1. The van der Waals surface area contributed by atoms with Gasteiger partial charge in [0.1, 0.15) is 17.4 Å². The number of nitrogens with one attached hydrogen (secondary N) is 1. The lowest BCUT2D eigenvalue weighted by molar-refractivity contribution is -0.143. The van der Waals surface area contributed by atoms with Crippen LogP contribution in [0, 0.1) is 6.92 Å². The maximum absolute atomic E-state index is 11.8. The van der Waals surface area contributed by atoms with E-state index in [2.05, 4.69) is 5.32 Å². The van der Waals surface area contributed by atoms with E-state index < -0.39 is 23.7 Å². The Kier molecular flexibility index (Phi) is 5.79. The zero-order chi connectivity index (χ0) is 16.9. The van der Waals surface area contributed by atoms with E-state index in [1.807, 2.05) is 6.92 Å². The number of ether oxygens (including phenoxy) is 2. The third-order valence-corrected chi connectivity index (χ3v) is 2.84. The van der Waals surface area contributed by atoms with Crippen LogP contribution in [0.5, 0.6) is 5.75 Å². The van der Waals surface area contributed by atoms with Crippen LogP contribution in [0.4, 0.5) is 4.79 Å². The van der Waals surface area contributed by atoms with Crippen molar-refractivity contribution < 1.29 is 24.2 Å². The Morgan fingerprint density at radius 3 is 2.50 bits per heavy atom. The van der Waals surface area contributed by atoms with Crippen molar-refractivity contribution in [2.75, 3.05) is 7.11 Å². The topological polar surface area (TPSA) is 84.9 Å². The second-order valence-electron chi connectivity index (χ2n) is 6.06. The second kappa shape index (κ2) is 7.15. The number of hydrogen-bond acceptors (Lipinski definition) is 5. The van der Waals surface area contributed by atoms with Crippen LogP contribution in [0.2, 0.25) is 0 Å². The van der Waals surface area contributed by atoms with Gasteiger partial charge in [-0.3, -0.25) is 0 Å². The van der Waals surface area contributed by atoms with Crippen molar-refractivity contribution in [3.63, 3.8) is 0 Å². The quantitative estimate of drug-likeness (QED) is 0.834. The Hall–Kier alpha value is -2.24. The SMILES string of the molecule is COC(=O)C(Cc1cc(C)ccc1O)NC(=O)OC(C)(C)C. The van der Waals surface area contributed by atoms with Gasteiger partial charge in [0.25, 0.3) is 0 Å². The molecule has 122 valence electrons. The summed E-state index contributed by atoms with van der Waals surface area (Å²) in [5.74, 6) is -0.544. The zero-order valence-corrected chi connectivity index (χ0v) is 13.6. The van der Waals surface area contributed by atoms with Gasteiger partial charge in [0.2, 0.25) is 0 Å². The lowest BCUT2D eigenvalue weighted by atomic mass is 10.0. The van der Waals surface area contributed by atoms with Gasteiger partial charge in [-0.2, -0.15) is 0 Å². The van der Waals surface area contributed by atoms with Crippen LogP contribution in [0.3, 0.4) is 0 Å². The lowest BCUT2D eigenvalue weighted by Gasteiger charge is -2.22. The van der Waals surface area contributed by atoms with E-state index >= 15 is 0 Å². The van der Waals surface area contributed by atoms with Crippen LogP contribution >= 0.6 is 0 Å². The molecule has 0 aliphatic rings. The summed E-state index contributed by atoms with van der Waals surface area (Å²) in [5, 5.41) is 12.3. The van der Waals surface area contributed by atoms with Crippen molar-refractivity contribution in [1.82, 2.24) is 5.32 Å². The molecular weight excluding hydrogens is 286 g/mol. The first kappa shape index (κ1) is 17.8. The fourth-order valence-electron chi connectivity index (χ4n) is 1.88. The molecule has 1 aromatic carbocycles. The third kappa shape index (κ3) is 5.63. The Labute approximate surface area is 130 Å². The summed E-state index contributed by atoms with van der Waals surface area (Å²) in [6, 6.07) is 4.12. The first-order valence-electron chi connectivity index (χ1n) is 6.98. The molecule has 1 unspecified atom stereocenters. The number of methoxy groups -OCH3 is 1. The highest BCUT2D eigenvalue weighted by Crippen LogP contribution is 2.20. The summed E-state index contributed by atoms with van der Waals surface area (Å²) >= 11 is 0. The normalized spacial score (nSPS) is 12.4. The first-order valence-corrected chi connectivity index (χ1v) is 6.98. The van der Waals surface area contributed by atoms with Crippen molar-refractivity contribution in [3.8, 4) is 5.75 Å². The molecule has 1 amide bonds. The number of esters is 1. The van der Waals surface area contributed by atoms with Crippen molar-refractivity contribution in [3.05, 3.63) is 29.3 Å². The number of hydrogen-bond donors (Lipinski definition) is 2. The Morgan fingerprint density at radius 1 is 1.32 bits per heavy atom. The van der Waals surface area contributed by atoms with Gasteiger partial charge in [-0.25, -0.2) is 9.59 Å². The smallest absolute Gasteiger partial charge is 0.408 e. The van der Waals surface area contributed by atoms with Crippen LogP contribution in [0.1, 0.15) is 31.9 Å². The van der Waals surface area contributed by atoms with Crippen molar-refractivity contribution in [1.29, 1.82) is 0 Å². The number of phenolic OH excluding ortho intramolecular Hbond substituents is 1. The summed E-state index contributed by atoms with van der Waals surface area (Å²) in [6.45, 7) is 7.06. The third-order valence-electron chi connectivity index (χ3n) is 2.84. The Bertz CT molecular complexity index is 548. The van der Waals surface area contributed by atoms with Gasteiger partial charge in [0.15, 0.2) is 0 Å². The first-order chi connectivity index (χ1) is 10.1. The minimum Gasteiger partial charge on any atom is -0.508 e. The number of carbonyl (C=O) groups excluding carboxylic acids is 2. The van der Waals surface area contributed by atoms with Gasteiger partial charge >= 0.3 is 12.1 Å². The van der Waals surface area contributed by atoms with Crippen LogP contribution in [0.15, 0.2) is 18.2 Å². The highest BCUT2D eigenvalue weighted by Gasteiger charge is 2.26. The predicted molar refractivity (Wildman–Crippen MR) is 81.7 cm³/mol. The molecule has 6 heteroatoms. The number of aromatic hydroxyl groups is 1. The summed E-state index contributed by atoms with van der Waals surface area (Å²) < 4.78 is 9.83. The van der Waals surface area contributed by atoms with Crippen molar-refractivity contribution in [2.24, 2.45) is 0 Å². The van der Waals surface area contributed by atoms with Gasteiger partial charge in [-0.15, -0.1) is 0 Å². The second-order valence-corrected chi connectivity index (χ2v) is 6.06. The average molecular weight is 309 g/mol. The van der Waals surface area contributed by atoms with Crippen LogP contribution in [-0.2, 0) is 20.7 Å². The molecule has 6 nitrogen and oxygen atoms in total. The number of benzene rings is 1. The van der Waals surface area contributed by atoms with Crippen molar-refractivity contribution >= 4 is 12.1 Å². The number of aryl methyl sites for hydroxylation is 1. The molecule has 0 aliphatic carbocycles. The molecule has 0 bridgehead atoms. The minimum absolute atomic E-state index is 0.0606. The molecule has 0 aromatic heterocycles. The van der Waals surface area contributed by atoms with Gasteiger partial charge in [-0.05, 0) is 39.3 Å². The summed E-state index contributed by atoms with van der Waals surface area (Å²) in [5.41, 5.74) is 0.816. The van der Waals surface area contributed by atoms with Gasteiger partial charge in [0.05, 0.1) is 7.11 Å². The number of alkyl carbamates (subject to hydrolysis) is 1. The molecule has 0 spiro atoms. The Balaban J connectivity index is 2.87. The molecule has 0 saturated heterocycles. The van der Waals surface area contributed by atoms with E-state index in [0.29, 0.717) is 5.56 Å². The number of rotatable bonds is 4. The van der Waals surface area contributed by atoms with Crippen LogP contribution < -0.4 is 5.32 Å². The van der Waals surface area contributed by atoms with E-state index in [1.165, 1.54) is 7.11 Å². The van der Waals surface area contributed by atoms with E-state index in [1.54, 1.807) is 39.0 Å². The molecule has 0 radical (unpaired) electrons. The molecule has 0 saturated carbocycles. The fourth-order valence-corrected chi connectivity index (χ4v) is 1.88. The van der Waals surface area contributed by atoms with Crippen molar-refractivity contribution in [2.45, 2.75) is 45.8 Å². The summed E-state index contributed by atoms with van der Waals surface area (Å²) in [6.07, 6.45) is -0.602. The standard InChI is InChI=1S/C16H23NO5/c1-10-6-7-13(18)11(8-10)9-12(14(19)21-5)17-15(20)22-16(2,3)4/h6-8,12,18H,9H2,1-5H3,(H,17,20). The van der Waals surface area contributed by atoms with Crippen LogP contribution in [0.25, 0.3) is 0 Å². The molecule has 1 rings (SSSR count). The van der Waals surface area contributed by atoms with E-state index in [9.17, 15) is 14.7 Å². The zero-order valence-electron chi connectivity index (χ0n) is 13.6. The molecule has 22 heavy (non-hydrogen) atoms. The van der Waals surface area contributed by atoms with E-state index in [-0.39, 0.29) is 12.2 Å². The number of carbonyl (C=O) groups is 2. The van der Waals surface area contributed by atoms with Gasteiger partial charge in [-0.1, -0.05) is 17.7 Å². The van der Waals surface area contributed by atoms with E-state index in [4.69, 9.17) is 9.47 Å². The average Bonchev–Trinajstić information content (AvgIpc) is 2.39. The molecule has 0 aliphatic heterocycles. The summed E-state index contributed by atoms with van der Waals surface area (Å²) in [7, 11) is 1.24. The minimum atomic E-state index is -0.937. The highest BCUT2D eigenvalue weighted by molar-refractivity contribution is 5.81. The van der Waals surface area contributed by atoms with E-state index in [0.717, 1.165) is 5.56 Å². The molecule has 2 N–H and O–H groups in total. The molecular formula is C16H23NO5. The molecule has 1 atom stereocenters. The fraction of sp³-hybridized carbons (Fsp3) is 0.500. The van der Waals surface area contributed by atoms with Gasteiger partial charge < -0.3 is 19.9 Å². The highest BCUT2D eigenvalue weighted by atomic mass is 16.6. The maximum Gasteiger partial charge on any atom is 0.408 e. The predicted octanol–water partition coefficient (Wildman–Crippen LogP) is 2.31. The largest absolute Gasteiger partial charge is 0.508 e. The van der Waals surface area contributed by atoms with Gasteiger partial charge in [0, 0.05) is 6.42 Å². The van der Waals surface area contributed by atoms with Crippen LogP contribution in [-0.4, -0.2) is 35.9 Å². The monoisotopic (exact) mass is 309 g/mol. The lowest BCUT2D eigenvalue weighted by Crippen LogP contribution is -2.45. The molecule has 0 fully saturated rings. The Morgan fingerprint density at radius 2 is 1.95 bits per heavy atom. The number of phenols is 1. The molecule has 0 heterocycles. The summed E-state index contributed by atoms with van der Waals surface area (Å²) in [4.78, 5) is 23.7. The molecule has 1 aromatic rings. The maximum atomic E-state index is 11.8.